The predicted octanol–water partition coefficient (Wildman–Crippen LogP) is 5.29. The minimum Gasteiger partial charge on any atom is -0.508 e. The molecular weight excluding hydrogens is 392 g/mol. The fourth-order valence-electron chi connectivity index (χ4n) is 3.06. The molecule has 1 amide bonds. The van der Waals surface area contributed by atoms with Gasteiger partial charge in [-0.05, 0) is 42.3 Å². The van der Waals surface area contributed by atoms with Crippen LogP contribution in [0.3, 0.4) is 0 Å². The van der Waals surface area contributed by atoms with Crippen molar-refractivity contribution in [2.24, 2.45) is 0 Å². The molecule has 0 aliphatic heterocycles. The van der Waals surface area contributed by atoms with Gasteiger partial charge in [0.25, 0.3) is 5.91 Å². The van der Waals surface area contributed by atoms with E-state index < -0.39 is 11.9 Å². The van der Waals surface area contributed by atoms with E-state index in [2.05, 4.69) is 23.8 Å². The van der Waals surface area contributed by atoms with E-state index in [1.54, 1.807) is 48.6 Å². The highest BCUT2D eigenvalue weighted by atomic mass is 16.4. The van der Waals surface area contributed by atoms with Gasteiger partial charge in [-0.3, -0.25) is 4.79 Å². The summed E-state index contributed by atoms with van der Waals surface area (Å²) >= 11 is 0. The molecule has 0 saturated carbocycles. The SMILES string of the molecule is C=C(Nc1ccccc1C(=C)O)C1=CC(C(=O)Nc2ccccc2C(=O)O)=CCC=C1. The number of hydrogen-bond acceptors (Lipinski definition) is 4. The van der Waals surface area contributed by atoms with Gasteiger partial charge in [-0.25, -0.2) is 4.79 Å². The standard InChI is InChI=1S/C25H22N2O4/c1-16(26-22-13-7-5-11-20(22)17(2)28)18-9-3-4-10-19(15-18)24(29)27-23-14-8-6-12-21(23)25(30)31/h3,5-15,26,28H,1-2,4H2,(H,27,29)(H,30,31). The first-order chi connectivity index (χ1) is 14.9. The van der Waals surface area contributed by atoms with Crippen LogP contribution in [0.4, 0.5) is 11.4 Å². The molecule has 0 heterocycles. The summed E-state index contributed by atoms with van der Waals surface area (Å²) in [5.74, 6) is -1.62. The van der Waals surface area contributed by atoms with Crippen molar-refractivity contribution in [2.45, 2.75) is 6.42 Å². The lowest BCUT2D eigenvalue weighted by Gasteiger charge is -2.14. The van der Waals surface area contributed by atoms with Gasteiger partial charge in [-0.15, -0.1) is 0 Å². The molecule has 156 valence electrons. The minimum absolute atomic E-state index is 0.0133. The number of aliphatic hydroxyl groups excluding tert-OH is 1. The number of aliphatic hydroxyl groups is 1. The van der Waals surface area contributed by atoms with Crippen molar-refractivity contribution in [2.75, 3.05) is 10.6 Å². The van der Waals surface area contributed by atoms with Gasteiger partial charge in [0.05, 0.1) is 11.3 Å². The average molecular weight is 414 g/mol. The Bertz CT molecular complexity index is 1160. The normalized spacial score (nSPS) is 12.8. The van der Waals surface area contributed by atoms with Crippen molar-refractivity contribution < 1.29 is 19.8 Å². The lowest BCUT2D eigenvalue weighted by atomic mass is 10.1. The second-order valence-corrected chi connectivity index (χ2v) is 6.80. The topological polar surface area (TPSA) is 98.7 Å². The molecule has 0 fully saturated rings. The third-order valence-electron chi connectivity index (χ3n) is 4.62. The summed E-state index contributed by atoms with van der Waals surface area (Å²) in [6.07, 6.45) is 7.68. The van der Waals surface area contributed by atoms with E-state index in [-0.39, 0.29) is 17.0 Å². The van der Waals surface area contributed by atoms with Crippen molar-refractivity contribution in [1.29, 1.82) is 0 Å². The van der Waals surface area contributed by atoms with Gasteiger partial charge in [-0.1, -0.05) is 55.7 Å². The summed E-state index contributed by atoms with van der Waals surface area (Å²) in [5.41, 5.74) is 2.98. The number of nitrogens with one attached hydrogen (secondary N) is 2. The Balaban J connectivity index is 1.82. The molecule has 31 heavy (non-hydrogen) atoms. The summed E-state index contributed by atoms with van der Waals surface area (Å²) in [5, 5.41) is 24.9. The van der Waals surface area contributed by atoms with Crippen LogP contribution in [0.1, 0.15) is 22.3 Å². The maximum absolute atomic E-state index is 12.8. The van der Waals surface area contributed by atoms with Gasteiger partial charge < -0.3 is 20.8 Å². The van der Waals surface area contributed by atoms with Crippen LogP contribution in [0.15, 0.2) is 103 Å². The Morgan fingerprint density at radius 1 is 0.839 bits per heavy atom. The van der Waals surface area contributed by atoms with Crippen LogP contribution in [0.2, 0.25) is 0 Å². The molecule has 0 radical (unpaired) electrons. The highest BCUT2D eigenvalue weighted by Crippen LogP contribution is 2.26. The molecule has 1 aliphatic rings. The van der Waals surface area contributed by atoms with Gasteiger partial charge in [0.15, 0.2) is 0 Å². The van der Waals surface area contributed by atoms with Crippen LogP contribution in [-0.4, -0.2) is 22.1 Å². The highest BCUT2D eigenvalue weighted by molar-refractivity contribution is 6.09. The van der Waals surface area contributed by atoms with Crippen LogP contribution in [0, 0.1) is 0 Å². The van der Waals surface area contributed by atoms with E-state index in [9.17, 15) is 19.8 Å². The van der Waals surface area contributed by atoms with E-state index in [1.807, 2.05) is 18.2 Å². The fourth-order valence-corrected chi connectivity index (χ4v) is 3.06. The van der Waals surface area contributed by atoms with Crippen molar-refractivity contribution in [3.63, 3.8) is 0 Å². The van der Waals surface area contributed by atoms with Crippen LogP contribution >= 0.6 is 0 Å². The third kappa shape index (κ3) is 5.19. The lowest BCUT2D eigenvalue weighted by molar-refractivity contribution is -0.112. The third-order valence-corrected chi connectivity index (χ3v) is 4.62. The molecule has 0 unspecified atom stereocenters. The maximum Gasteiger partial charge on any atom is 0.337 e. The van der Waals surface area contributed by atoms with E-state index in [0.29, 0.717) is 34.5 Å². The summed E-state index contributed by atoms with van der Waals surface area (Å²) in [4.78, 5) is 24.2. The Labute approximate surface area is 180 Å². The Kier molecular flexibility index (Phi) is 6.52. The maximum atomic E-state index is 12.8. The number of anilines is 2. The second-order valence-electron chi connectivity index (χ2n) is 6.80. The van der Waals surface area contributed by atoms with Gasteiger partial charge >= 0.3 is 5.97 Å². The smallest absolute Gasteiger partial charge is 0.337 e. The molecule has 6 nitrogen and oxygen atoms in total. The highest BCUT2D eigenvalue weighted by Gasteiger charge is 2.16. The second kappa shape index (κ2) is 9.45. The number of carboxylic acid groups (broad SMARTS) is 1. The molecule has 1 aliphatic carbocycles. The molecule has 0 bridgehead atoms. The Morgan fingerprint density at radius 2 is 1.45 bits per heavy atom. The zero-order chi connectivity index (χ0) is 22.4. The van der Waals surface area contributed by atoms with Gasteiger partial charge in [0.1, 0.15) is 5.76 Å². The molecule has 0 spiro atoms. The number of para-hydroxylation sites is 2. The van der Waals surface area contributed by atoms with Gasteiger partial charge in [0, 0.05) is 22.5 Å². The van der Waals surface area contributed by atoms with Crippen LogP contribution in [-0.2, 0) is 4.79 Å². The zero-order valence-corrected chi connectivity index (χ0v) is 16.8. The Morgan fingerprint density at radius 3 is 2.10 bits per heavy atom. The van der Waals surface area contributed by atoms with Gasteiger partial charge in [-0.2, -0.15) is 0 Å². The summed E-state index contributed by atoms with van der Waals surface area (Å²) in [6, 6.07) is 13.4. The molecule has 2 aromatic rings. The molecule has 2 aromatic carbocycles. The molecule has 0 saturated heterocycles. The summed E-state index contributed by atoms with van der Waals surface area (Å²) in [6.45, 7) is 7.62. The average Bonchev–Trinajstić information content (AvgIpc) is 3.01. The fraction of sp³-hybridized carbons (Fsp3) is 0.0400. The Hall–Kier alpha value is -4.32. The van der Waals surface area contributed by atoms with Crippen molar-refractivity contribution >= 4 is 29.0 Å². The number of carboxylic acids is 1. The number of amides is 1. The molecule has 0 atom stereocenters. The molecule has 3 rings (SSSR count). The van der Waals surface area contributed by atoms with E-state index in [4.69, 9.17) is 0 Å². The zero-order valence-electron chi connectivity index (χ0n) is 16.8. The molecule has 4 N–H and O–H groups in total. The van der Waals surface area contributed by atoms with Crippen LogP contribution in [0.25, 0.3) is 5.76 Å². The van der Waals surface area contributed by atoms with Crippen molar-refractivity contribution in [3.05, 3.63) is 114 Å². The number of carbonyl (C=O) groups is 2. The first-order valence-corrected chi connectivity index (χ1v) is 9.52. The van der Waals surface area contributed by atoms with Crippen LogP contribution in [0.5, 0.6) is 0 Å². The lowest BCUT2D eigenvalue weighted by Crippen LogP contribution is -2.16. The van der Waals surface area contributed by atoms with Crippen molar-refractivity contribution in [1.82, 2.24) is 0 Å². The van der Waals surface area contributed by atoms with Crippen molar-refractivity contribution in [3.8, 4) is 0 Å². The van der Waals surface area contributed by atoms with E-state index in [1.165, 1.54) is 6.07 Å². The van der Waals surface area contributed by atoms with Gasteiger partial charge in [0.2, 0.25) is 0 Å². The van der Waals surface area contributed by atoms with E-state index >= 15 is 0 Å². The number of rotatable bonds is 7. The number of carbonyl (C=O) groups excluding carboxylic acids is 1. The predicted molar refractivity (Wildman–Crippen MR) is 123 cm³/mol. The first-order valence-electron chi connectivity index (χ1n) is 9.52. The molecular formula is C25H22N2O4. The summed E-state index contributed by atoms with van der Waals surface area (Å²) in [7, 11) is 0. The largest absolute Gasteiger partial charge is 0.508 e. The van der Waals surface area contributed by atoms with E-state index in [0.717, 1.165) is 0 Å². The first kappa shape index (κ1) is 21.4. The monoisotopic (exact) mass is 414 g/mol. The minimum atomic E-state index is -1.12. The number of benzene rings is 2. The number of allylic oxidation sites excluding steroid dienone is 3. The molecule has 0 aromatic heterocycles. The number of aromatic carboxylic acids is 1. The summed E-state index contributed by atoms with van der Waals surface area (Å²) < 4.78 is 0. The number of hydrogen-bond donors (Lipinski definition) is 4. The molecule has 6 heteroatoms. The quantitative estimate of drug-likeness (QED) is 0.462. The van der Waals surface area contributed by atoms with Crippen LogP contribution < -0.4 is 10.6 Å².